The highest BCUT2D eigenvalue weighted by Crippen LogP contribution is 2.16. The van der Waals surface area contributed by atoms with Gasteiger partial charge in [-0.3, -0.25) is 0 Å². The summed E-state index contributed by atoms with van der Waals surface area (Å²) in [5, 5.41) is 3.47. The molecule has 0 aliphatic carbocycles. The Morgan fingerprint density at radius 1 is 1.32 bits per heavy atom. The van der Waals surface area contributed by atoms with E-state index in [0.29, 0.717) is 6.04 Å². The third-order valence-electron chi connectivity index (χ3n) is 3.82. The fourth-order valence-corrected chi connectivity index (χ4v) is 2.50. The number of nitrogens with one attached hydrogen (secondary N) is 1. The molecule has 0 amide bonds. The predicted octanol–water partition coefficient (Wildman–Crippen LogP) is 2.37. The van der Waals surface area contributed by atoms with E-state index in [2.05, 4.69) is 49.2 Å². The van der Waals surface area contributed by atoms with Gasteiger partial charge in [0, 0.05) is 32.2 Å². The highest BCUT2D eigenvalue weighted by atomic mass is 16.5. The number of hydrogen-bond acceptors (Lipinski definition) is 3. The zero-order valence-electron chi connectivity index (χ0n) is 12.4. The fourth-order valence-electron chi connectivity index (χ4n) is 2.50. The predicted molar refractivity (Wildman–Crippen MR) is 79.9 cm³/mol. The summed E-state index contributed by atoms with van der Waals surface area (Å²) in [7, 11) is 0. The van der Waals surface area contributed by atoms with Crippen LogP contribution < -0.4 is 10.1 Å². The van der Waals surface area contributed by atoms with Gasteiger partial charge in [-0.15, -0.1) is 0 Å². The molecular weight excluding hydrogens is 236 g/mol. The molecule has 1 aliphatic rings. The van der Waals surface area contributed by atoms with E-state index in [4.69, 9.17) is 4.74 Å². The minimum atomic E-state index is 0.620. The van der Waals surface area contributed by atoms with Gasteiger partial charge in [-0.2, -0.15) is 0 Å². The summed E-state index contributed by atoms with van der Waals surface area (Å²) in [6.07, 6.45) is 1.10. The van der Waals surface area contributed by atoms with Gasteiger partial charge >= 0.3 is 0 Å². The Bertz CT molecular complexity index is 406. The van der Waals surface area contributed by atoms with E-state index in [9.17, 15) is 0 Å². The van der Waals surface area contributed by atoms with Crippen molar-refractivity contribution in [3.63, 3.8) is 0 Å². The highest BCUT2D eigenvalue weighted by molar-refractivity contribution is 5.33. The molecule has 0 radical (unpaired) electrons. The summed E-state index contributed by atoms with van der Waals surface area (Å²) in [6, 6.07) is 6.94. The topological polar surface area (TPSA) is 24.5 Å². The Morgan fingerprint density at radius 3 is 2.89 bits per heavy atom. The molecule has 1 fully saturated rings. The van der Waals surface area contributed by atoms with E-state index in [-0.39, 0.29) is 0 Å². The smallest absolute Gasteiger partial charge is 0.119 e. The molecule has 2 rings (SSSR count). The molecular formula is C16H26N2O. The molecule has 0 bridgehead atoms. The Morgan fingerprint density at radius 2 is 2.16 bits per heavy atom. The van der Waals surface area contributed by atoms with Crippen LogP contribution in [0.25, 0.3) is 0 Å². The molecule has 0 saturated carbocycles. The van der Waals surface area contributed by atoms with E-state index in [1.165, 1.54) is 11.1 Å². The maximum atomic E-state index is 5.82. The first-order valence-corrected chi connectivity index (χ1v) is 7.31. The number of nitrogens with zero attached hydrogens (tertiary/aromatic N) is 1. The Labute approximate surface area is 116 Å². The summed E-state index contributed by atoms with van der Waals surface area (Å²) in [5.41, 5.74) is 2.62. The SMILES string of the molecule is Cc1ccc(OCCCN2CCN[C@H](C)C2)cc1C. The molecule has 1 atom stereocenters. The van der Waals surface area contributed by atoms with Gasteiger partial charge in [0.25, 0.3) is 0 Å². The van der Waals surface area contributed by atoms with E-state index in [1.807, 2.05) is 0 Å². The molecule has 1 aromatic rings. The molecule has 19 heavy (non-hydrogen) atoms. The van der Waals surface area contributed by atoms with Crippen molar-refractivity contribution in [1.29, 1.82) is 0 Å². The van der Waals surface area contributed by atoms with E-state index in [1.54, 1.807) is 0 Å². The van der Waals surface area contributed by atoms with Crippen molar-refractivity contribution >= 4 is 0 Å². The zero-order valence-corrected chi connectivity index (χ0v) is 12.4. The quantitative estimate of drug-likeness (QED) is 0.825. The summed E-state index contributed by atoms with van der Waals surface area (Å²) in [6.45, 7) is 11.9. The van der Waals surface area contributed by atoms with E-state index in [0.717, 1.165) is 45.0 Å². The van der Waals surface area contributed by atoms with Crippen molar-refractivity contribution in [2.75, 3.05) is 32.8 Å². The van der Waals surface area contributed by atoms with Crippen LogP contribution in [0.2, 0.25) is 0 Å². The lowest BCUT2D eigenvalue weighted by atomic mass is 10.1. The largest absolute Gasteiger partial charge is 0.494 e. The van der Waals surface area contributed by atoms with Crippen LogP contribution in [0.5, 0.6) is 5.75 Å². The lowest BCUT2D eigenvalue weighted by Crippen LogP contribution is -2.49. The number of aryl methyl sites for hydroxylation is 2. The zero-order chi connectivity index (χ0) is 13.7. The second-order valence-electron chi connectivity index (χ2n) is 5.60. The molecule has 1 aliphatic heterocycles. The van der Waals surface area contributed by atoms with E-state index >= 15 is 0 Å². The van der Waals surface area contributed by atoms with Crippen molar-refractivity contribution in [3.05, 3.63) is 29.3 Å². The van der Waals surface area contributed by atoms with Gasteiger partial charge in [0.2, 0.25) is 0 Å². The number of piperazine rings is 1. The number of hydrogen-bond donors (Lipinski definition) is 1. The van der Waals surface area contributed by atoms with E-state index < -0.39 is 0 Å². The van der Waals surface area contributed by atoms with Crippen molar-refractivity contribution in [2.45, 2.75) is 33.2 Å². The summed E-state index contributed by atoms with van der Waals surface area (Å²) in [5.74, 6) is 0.997. The van der Waals surface area contributed by atoms with Crippen molar-refractivity contribution in [2.24, 2.45) is 0 Å². The number of rotatable bonds is 5. The first-order chi connectivity index (χ1) is 9.15. The fraction of sp³-hybridized carbons (Fsp3) is 0.625. The van der Waals surface area contributed by atoms with Crippen LogP contribution in [-0.4, -0.2) is 43.7 Å². The number of ether oxygens (including phenoxy) is 1. The maximum absolute atomic E-state index is 5.82. The van der Waals surface area contributed by atoms with Crippen LogP contribution in [0.3, 0.4) is 0 Å². The standard InChI is InChI=1S/C16H26N2O/c1-13-5-6-16(11-14(13)2)19-10-4-8-18-9-7-17-15(3)12-18/h5-6,11,15,17H,4,7-10,12H2,1-3H3/t15-/m1/s1. The molecule has 106 valence electrons. The lowest BCUT2D eigenvalue weighted by molar-refractivity contribution is 0.189. The molecule has 0 aromatic heterocycles. The van der Waals surface area contributed by atoms with Crippen LogP contribution in [0, 0.1) is 13.8 Å². The van der Waals surface area contributed by atoms with Crippen LogP contribution >= 0.6 is 0 Å². The average molecular weight is 262 g/mol. The van der Waals surface area contributed by atoms with Crippen molar-refractivity contribution in [3.8, 4) is 5.75 Å². The summed E-state index contributed by atoms with van der Waals surface area (Å²) in [4.78, 5) is 2.52. The molecule has 1 N–H and O–H groups in total. The molecule has 0 spiro atoms. The van der Waals surface area contributed by atoms with Gasteiger partial charge in [-0.1, -0.05) is 6.07 Å². The Kier molecular flexibility index (Phi) is 5.23. The minimum absolute atomic E-state index is 0.620. The van der Waals surface area contributed by atoms with Crippen LogP contribution in [0.1, 0.15) is 24.5 Å². The van der Waals surface area contributed by atoms with Crippen LogP contribution in [0.15, 0.2) is 18.2 Å². The van der Waals surface area contributed by atoms with Crippen LogP contribution in [-0.2, 0) is 0 Å². The molecule has 1 heterocycles. The molecule has 3 nitrogen and oxygen atoms in total. The maximum Gasteiger partial charge on any atom is 0.119 e. The number of benzene rings is 1. The highest BCUT2D eigenvalue weighted by Gasteiger charge is 2.14. The van der Waals surface area contributed by atoms with Gasteiger partial charge in [-0.25, -0.2) is 0 Å². The Hall–Kier alpha value is -1.06. The summed E-state index contributed by atoms with van der Waals surface area (Å²) < 4.78 is 5.82. The van der Waals surface area contributed by atoms with Crippen LogP contribution in [0.4, 0.5) is 0 Å². The third-order valence-corrected chi connectivity index (χ3v) is 3.82. The normalized spacial score (nSPS) is 20.5. The van der Waals surface area contributed by atoms with Gasteiger partial charge in [-0.05, 0) is 50.5 Å². The summed E-state index contributed by atoms with van der Waals surface area (Å²) >= 11 is 0. The second kappa shape index (κ2) is 6.92. The first-order valence-electron chi connectivity index (χ1n) is 7.31. The lowest BCUT2D eigenvalue weighted by Gasteiger charge is -2.31. The first kappa shape index (κ1) is 14.4. The molecule has 1 saturated heterocycles. The van der Waals surface area contributed by atoms with Gasteiger partial charge in [0.1, 0.15) is 5.75 Å². The molecule has 3 heteroatoms. The third kappa shape index (κ3) is 4.51. The molecule has 1 aromatic carbocycles. The van der Waals surface area contributed by atoms with Gasteiger partial charge < -0.3 is 15.0 Å². The second-order valence-corrected chi connectivity index (χ2v) is 5.60. The Balaban J connectivity index is 1.67. The minimum Gasteiger partial charge on any atom is -0.494 e. The monoisotopic (exact) mass is 262 g/mol. The average Bonchev–Trinajstić information content (AvgIpc) is 2.39. The molecule has 0 unspecified atom stereocenters. The van der Waals surface area contributed by atoms with Gasteiger partial charge in [0.15, 0.2) is 0 Å². The van der Waals surface area contributed by atoms with Crippen molar-refractivity contribution in [1.82, 2.24) is 10.2 Å². The van der Waals surface area contributed by atoms with Gasteiger partial charge in [0.05, 0.1) is 6.61 Å². The van der Waals surface area contributed by atoms with Crippen molar-refractivity contribution < 1.29 is 4.74 Å².